The fourth-order valence-electron chi connectivity index (χ4n) is 4.31. The van der Waals surface area contributed by atoms with Crippen LogP contribution in [0.4, 0.5) is 5.82 Å². The van der Waals surface area contributed by atoms with Crippen LogP contribution in [0.1, 0.15) is 37.7 Å². The van der Waals surface area contributed by atoms with Gasteiger partial charge >= 0.3 is 0 Å². The van der Waals surface area contributed by atoms with Gasteiger partial charge in [-0.3, -0.25) is 9.69 Å². The Morgan fingerprint density at radius 3 is 2.60 bits per heavy atom. The van der Waals surface area contributed by atoms with E-state index in [0.29, 0.717) is 12.4 Å². The molecule has 0 atom stereocenters. The van der Waals surface area contributed by atoms with Gasteiger partial charge in [0.15, 0.2) is 12.4 Å². The molecule has 2 fully saturated rings. The van der Waals surface area contributed by atoms with Gasteiger partial charge in [-0.1, -0.05) is 19.3 Å². The Labute approximate surface area is 182 Å². The lowest BCUT2D eigenvalue weighted by atomic mass is 9.94. The van der Waals surface area contributed by atoms with E-state index in [9.17, 15) is 4.79 Å². The molecule has 4 rings (SSSR count). The summed E-state index contributed by atoms with van der Waals surface area (Å²) < 4.78 is 5.56. The maximum absolute atomic E-state index is 12.3. The zero-order valence-corrected chi connectivity index (χ0v) is 18.5. The van der Waals surface area contributed by atoms with E-state index < -0.39 is 0 Å². The number of likely N-dealkylation sites (N-methyl/N-ethyl adjacent to an activating group) is 1. The van der Waals surface area contributed by atoms with Crippen molar-refractivity contribution in [3.05, 3.63) is 34.5 Å². The van der Waals surface area contributed by atoms with Crippen LogP contribution in [0.5, 0.6) is 5.88 Å². The van der Waals surface area contributed by atoms with Gasteiger partial charge in [0.05, 0.1) is 0 Å². The minimum Gasteiger partial charge on any atom is -0.466 e. The largest absolute Gasteiger partial charge is 0.466 e. The van der Waals surface area contributed by atoms with Gasteiger partial charge in [0.2, 0.25) is 5.88 Å². The van der Waals surface area contributed by atoms with Crippen LogP contribution in [-0.2, 0) is 11.3 Å². The van der Waals surface area contributed by atoms with E-state index in [1.807, 2.05) is 29.0 Å². The Hall–Kier alpha value is -2.19. The molecule has 1 aliphatic heterocycles. The number of carbonyl (C=O) groups excluding carboxylic acids is 1. The normalized spacial score (nSPS) is 18.4. The van der Waals surface area contributed by atoms with Gasteiger partial charge in [0.25, 0.3) is 5.91 Å². The third kappa shape index (κ3) is 5.49. The van der Waals surface area contributed by atoms with Crippen LogP contribution in [0.3, 0.4) is 0 Å². The summed E-state index contributed by atoms with van der Waals surface area (Å²) in [5, 5.41) is 12.6. The summed E-state index contributed by atoms with van der Waals surface area (Å²) in [6.45, 7) is 4.71. The summed E-state index contributed by atoms with van der Waals surface area (Å²) in [7, 11) is 1.78. The van der Waals surface area contributed by atoms with Crippen molar-refractivity contribution in [2.24, 2.45) is 0 Å². The Balaban J connectivity index is 1.22. The zero-order chi connectivity index (χ0) is 20.8. The van der Waals surface area contributed by atoms with E-state index in [4.69, 9.17) is 4.74 Å². The number of hydrogen-bond donors (Lipinski definition) is 0. The molecule has 8 heteroatoms. The molecule has 0 unspecified atom stereocenters. The van der Waals surface area contributed by atoms with Crippen LogP contribution in [0.15, 0.2) is 29.0 Å². The van der Waals surface area contributed by atoms with Crippen molar-refractivity contribution in [2.45, 2.75) is 44.7 Å². The standard InChI is InChI=1S/C22H31N5O2S/c1-25(15-18-9-14-30-17-18)22(28)16-29-21-8-7-20(23-24-21)27-12-10-26(11-13-27)19-5-3-2-4-6-19/h7-9,14,17,19H,2-6,10-13,15-16H2,1H3. The summed E-state index contributed by atoms with van der Waals surface area (Å²) in [4.78, 5) is 18.9. The first-order valence-electron chi connectivity index (χ1n) is 10.9. The molecule has 2 aromatic heterocycles. The zero-order valence-electron chi connectivity index (χ0n) is 17.7. The number of amides is 1. The van der Waals surface area contributed by atoms with Crippen molar-refractivity contribution >= 4 is 23.1 Å². The molecule has 2 aliphatic rings. The molecule has 0 bridgehead atoms. The molecular weight excluding hydrogens is 398 g/mol. The highest BCUT2D eigenvalue weighted by Gasteiger charge is 2.25. The van der Waals surface area contributed by atoms with E-state index in [1.165, 1.54) is 32.1 Å². The van der Waals surface area contributed by atoms with Crippen molar-refractivity contribution in [3.8, 4) is 5.88 Å². The molecule has 0 radical (unpaired) electrons. The number of ether oxygens (including phenoxy) is 1. The predicted octanol–water partition coefficient (Wildman–Crippen LogP) is 3.03. The molecule has 30 heavy (non-hydrogen) atoms. The van der Waals surface area contributed by atoms with E-state index in [0.717, 1.165) is 43.6 Å². The maximum Gasteiger partial charge on any atom is 0.260 e. The number of piperazine rings is 1. The number of aromatic nitrogens is 2. The first kappa shape index (κ1) is 21.1. The Bertz CT molecular complexity index is 784. The van der Waals surface area contributed by atoms with Crippen molar-refractivity contribution in [2.75, 3.05) is 44.7 Å². The van der Waals surface area contributed by atoms with Gasteiger partial charge in [-0.25, -0.2) is 0 Å². The second-order valence-electron chi connectivity index (χ2n) is 8.21. The van der Waals surface area contributed by atoms with Crippen molar-refractivity contribution < 1.29 is 9.53 Å². The topological polar surface area (TPSA) is 61.8 Å². The Morgan fingerprint density at radius 1 is 1.13 bits per heavy atom. The van der Waals surface area contributed by atoms with Gasteiger partial charge in [-0.15, -0.1) is 10.2 Å². The highest BCUT2D eigenvalue weighted by Crippen LogP contribution is 2.24. The second kappa shape index (κ2) is 10.2. The summed E-state index contributed by atoms with van der Waals surface area (Å²) in [5.74, 6) is 1.19. The molecule has 1 amide bonds. The van der Waals surface area contributed by atoms with E-state index in [-0.39, 0.29) is 12.5 Å². The molecule has 1 saturated heterocycles. The number of carbonyl (C=O) groups is 1. The summed E-state index contributed by atoms with van der Waals surface area (Å²) >= 11 is 1.63. The highest BCUT2D eigenvalue weighted by atomic mass is 32.1. The molecule has 162 valence electrons. The van der Waals surface area contributed by atoms with Crippen LogP contribution in [-0.4, -0.2) is 71.8 Å². The average Bonchev–Trinajstić information content (AvgIpc) is 3.31. The average molecular weight is 430 g/mol. The van der Waals surface area contributed by atoms with Gasteiger partial charge in [0, 0.05) is 51.9 Å². The minimum atomic E-state index is -0.0779. The van der Waals surface area contributed by atoms with Gasteiger partial charge in [-0.05, 0) is 41.3 Å². The van der Waals surface area contributed by atoms with Crippen LogP contribution in [0, 0.1) is 0 Å². The molecule has 7 nitrogen and oxygen atoms in total. The van der Waals surface area contributed by atoms with Crippen molar-refractivity contribution in [1.82, 2.24) is 20.0 Å². The molecule has 0 spiro atoms. The molecule has 3 heterocycles. The van der Waals surface area contributed by atoms with E-state index in [1.54, 1.807) is 23.3 Å². The number of hydrogen-bond acceptors (Lipinski definition) is 7. The number of nitrogens with zero attached hydrogens (tertiary/aromatic N) is 5. The van der Waals surface area contributed by atoms with Crippen LogP contribution in [0.2, 0.25) is 0 Å². The van der Waals surface area contributed by atoms with Crippen LogP contribution in [0.25, 0.3) is 0 Å². The SMILES string of the molecule is CN(Cc1ccsc1)C(=O)COc1ccc(N2CCN(C3CCCCC3)CC2)nn1. The molecule has 2 aromatic rings. The molecular formula is C22H31N5O2S. The van der Waals surface area contributed by atoms with Crippen molar-refractivity contribution in [3.63, 3.8) is 0 Å². The molecule has 1 saturated carbocycles. The lowest BCUT2D eigenvalue weighted by Crippen LogP contribution is -2.51. The third-order valence-corrected chi connectivity index (χ3v) is 6.86. The first-order chi connectivity index (χ1) is 14.7. The second-order valence-corrected chi connectivity index (χ2v) is 8.99. The summed E-state index contributed by atoms with van der Waals surface area (Å²) in [6, 6.07) is 6.55. The van der Waals surface area contributed by atoms with Gasteiger partial charge < -0.3 is 14.5 Å². The fraction of sp³-hybridized carbons (Fsp3) is 0.591. The van der Waals surface area contributed by atoms with Gasteiger partial charge in [0.1, 0.15) is 0 Å². The number of thiophene rings is 1. The molecule has 0 aromatic carbocycles. The fourth-order valence-corrected chi connectivity index (χ4v) is 4.97. The lowest BCUT2D eigenvalue weighted by molar-refractivity contribution is -0.132. The van der Waals surface area contributed by atoms with Gasteiger partial charge in [-0.2, -0.15) is 11.3 Å². The highest BCUT2D eigenvalue weighted by molar-refractivity contribution is 7.07. The predicted molar refractivity (Wildman–Crippen MR) is 119 cm³/mol. The lowest BCUT2D eigenvalue weighted by Gasteiger charge is -2.41. The minimum absolute atomic E-state index is 0.0330. The quantitative estimate of drug-likeness (QED) is 0.674. The van der Waals surface area contributed by atoms with Crippen LogP contribution < -0.4 is 9.64 Å². The molecule has 0 N–H and O–H groups in total. The molecule has 1 aliphatic carbocycles. The summed E-state index contributed by atoms with van der Waals surface area (Å²) in [6.07, 6.45) is 6.87. The monoisotopic (exact) mass is 429 g/mol. The van der Waals surface area contributed by atoms with Crippen LogP contribution >= 0.6 is 11.3 Å². The van der Waals surface area contributed by atoms with E-state index >= 15 is 0 Å². The van der Waals surface area contributed by atoms with E-state index in [2.05, 4.69) is 20.0 Å². The first-order valence-corrected chi connectivity index (χ1v) is 11.8. The Morgan fingerprint density at radius 2 is 1.93 bits per heavy atom. The smallest absolute Gasteiger partial charge is 0.260 e. The third-order valence-electron chi connectivity index (χ3n) is 6.12. The maximum atomic E-state index is 12.3. The number of anilines is 1. The Kier molecular flexibility index (Phi) is 7.17. The number of rotatable bonds is 7. The van der Waals surface area contributed by atoms with Crippen molar-refractivity contribution in [1.29, 1.82) is 0 Å². The summed E-state index contributed by atoms with van der Waals surface area (Å²) in [5.41, 5.74) is 1.13.